The zero-order valence-corrected chi connectivity index (χ0v) is 13.2. The maximum absolute atomic E-state index is 10.2. The lowest BCUT2D eigenvalue weighted by molar-refractivity contribution is 0.477. The average molecular weight is 329 g/mol. The third kappa shape index (κ3) is 2.70. The van der Waals surface area contributed by atoms with Gasteiger partial charge in [0.25, 0.3) is 0 Å². The van der Waals surface area contributed by atoms with E-state index >= 15 is 0 Å². The smallest absolute Gasteiger partial charge is 0.180 e. The molecule has 6 heteroatoms. The maximum Gasteiger partial charge on any atom is 0.180 e. The minimum absolute atomic E-state index is 0.159. The molecule has 25 heavy (non-hydrogen) atoms. The van der Waals surface area contributed by atoms with Gasteiger partial charge in [0.15, 0.2) is 17.5 Å². The number of para-hydroxylation sites is 1. The summed E-state index contributed by atoms with van der Waals surface area (Å²) in [4.78, 5) is 13.2. The summed E-state index contributed by atoms with van der Waals surface area (Å²) >= 11 is 0. The molecule has 6 nitrogen and oxygen atoms in total. The number of phenolic OH excluding ortho intramolecular Hbond substituents is 1. The van der Waals surface area contributed by atoms with Gasteiger partial charge in [0.1, 0.15) is 11.4 Å². The van der Waals surface area contributed by atoms with Crippen molar-refractivity contribution in [2.24, 2.45) is 10.7 Å². The van der Waals surface area contributed by atoms with Gasteiger partial charge in [-0.05, 0) is 36.4 Å². The van der Waals surface area contributed by atoms with E-state index in [1.807, 2.05) is 53.1 Å². The molecule has 122 valence electrons. The first-order chi connectivity index (χ1) is 12.2. The van der Waals surface area contributed by atoms with Crippen LogP contribution in [-0.4, -0.2) is 25.3 Å². The van der Waals surface area contributed by atoms with Crippen LogP contribution >= 0.6 is 0 Å². The van der Waals surface area contributed by atoms with E-state index in [4.69, 9.17) is 5.73 Å². The Kier molecular flexibility index (Phi) is 3.63. The van der Waals surface area contributed by atoms with Crippen LogP contribution in [0.2, 0.25) is 0 Å². The van der Waals surface area contributed by atoms with Crippen molar-refractivity contribution in [2.45, 2.75) is 0 Å². The lowest BCUT2D eigenvalue weighted by Gasteiger charge is -2.02. The Labute approximate surface area is 143 Å². The number of fused-ring (bicyclic) bond motifs is 1. The molecule has 0 bridgehead atoms. The molecule has 0 saturated heterocycles. The summed E-state index contributed by atoms with van der Waals surface area (Å²) in [5, 5.41) is 10.2. The Morgan fingerprint density at radius 3 is 2.60 bits per heavy atom. The number of aromatic nitrogens is 3. The van der Waals surface area contributed by atoms with E-state index in [1.54, 1.807) is 24.4 Å². The van der Waals surface area contributed by atoms with Gasteiger partial charge in [0.2, 0.25) is 0 Å². The van der Waals surface area contributed by atoms with Crippen molar-refractivity contribution in [3.05, 3.63) is 78.8 Å². The minimum Gasteiger partial charge on any atom is -0.507 e. The van der Waals surface area contributed by atoms with Crippen LogP contribution in [0.25, 0.3) is 16.9 Å². The predicted molar refractivity (Wildman–Crippen MR) is 96.9 cm³/mol. The molecule has 1 aromatic carbocycles. The van der Waals surface area contributed by atoms with Crippen molar-refractivity contribution >= 4 is 17.2 Å². The molecule has 0 aliphatic heterocycles. The molecule has 0 saturated carbocycles. The Bertz CT molecular complexity index is 1070. The first kappa shape index (κ1) is 14.9. The minimum atomic E-state index is 0.159. The fraction of sp³-hybridized carbons (Fsp3) is 0. The van der Waals surface area contributed by atoms with E-state index in [0.717, 1.165) is 5.52 Å². The predicted octanol–water partition coefficient (Wildman–Crippen LogP) is 3.14. The SMILES string of the molecule is N/C(=N\c1nc(-c2ccccc2O)n2ccccc12)c1ccccn1. The second kappa shape index (κ2) is 6.09. The van der Waals surface area contributed by atoms with Gasteiger partial charge >= 0.3 is 0 Å². The summed E-state index contributed by atoms with van der Waals surface area (Å²) in [7, 11) is 0. The Balaban J connectivity index is 1.90. The van der Waals surface area contributed by atoms with Crippen molar-refractivity contribution in [3.8, 4) is 17.1 Å². The summed E-state index contributed by atoms with van der Waals surface area (Å²) in [6, 6.07) is 18.2. The van der Waals surface area contributed by atoms with Gasteiger partial charge in [-0.3, -0.25) is 9.38 Å². The molecule has 0 amide bonds. The molecule has 0 aliphatic rings. The van der Waals surface area contributed by atoms with E-state index in [2.05, 4.69) is 15.0 Å². The fourth-order valence-electron chi connectivity index (χ4n) is 2.64. The van der Waals surface area contributed by atoms with Gasteiger partial charge < -0.3 is 10.8 Å². The van der Waals surface area contributed by atoms with E-state index < -0.39 is 0 Å². The Morgan fingerprint density at radius 2 is 1.80 bits per heavy atom. The van der Waals surface area contributed by atoms with Crippen LogP contribution in [0.15, 0.2) is 78.0 Å². The number of rotatable bonds is 3. The number of amidine groups is 1. The van der Waals surface area contributed by atoms with Crippen molar-refractivity contribution in [1.29, 1.82) is 0 Å². The molecule has 0 unspecified atom stereocenters. The monoisotopic (exact) mass is 329 g/mol. The van der Waals surface area contributed by atoms with Crippen molar-refractivity contribution in [3.63, 3.8) is 0 Å². The van der Waals surface area contributed by atoms with E-state index in [-0.39, 0.29) is 11.6 Å². The highest BCUT2D eigenvalue weighted by atomic mass is 16.3. The Morgan fingerprint density at radius 1 is 1.00 bits per heavy atom. The molecule has 0 atom stereocenters. The normalized spacial score (nSPS) is 11.8. The molecule has 0 fully saturated rings. The standard InChI is InChI=1S/C19H15N5O/c20-17(14-8-3-5-11-21-14)22-18-15-9-4-6-12-24(15)19(23-18)13-7-1-2-10-16(13)25/h1-12,25H,(H2,20,22). The van der Waals surface area contributed by atoms with Gasteiger partial charge in [-0.25, -0.2) is 9.98 Å². The maximum atomic E-state index is 10.2. The van der Waals surface area contributed by atoms with Crippen molar-refractivity contribution in [2.75, 3.05) is 0 Å². The van der Waals surface area contributed by atoms with Crippen LogP contribution in [0.3, 0.4) is 0 Å². The molecule has 0 aliphatic carbocycles. The molecule has 3 N–H and O–H groups in total. The van der Waals surface area contributed by atoms with Crippen LogP contribution < -0.4 is 5.73 Å². The van der Waals surface area contributed by atoms with Crippen LogP contribution in [0.4, 0.5) is 5.82 Å². The number of nitrogens with two attached hydrogens (primary N) is 1. The number of pyridine rings is 2. The topological polar surface area (TPSA) is 88.8 Å². The first-order valence-electron chi connectivity index (χ1n) is 7.75. The molecule has 3 aromatic heterocycles. The zero-order valence-electron chi connectivity index (χ0n) is 13.2. The molecule has 3 heterocycles. The molecule has 0 spiro atoms. The molecule has 0 radical (unpaired) electrons. The number of aliphatic imine (C=N–C) groups is 1. The summed E-state index contributed by atoms with van der Waals surface area (Å²) in [6.07, 6.45) is 3.54. The molecule has 4 rings (SSSR count). The summed E-state index contributed by atoms with van der Waals surface area (Å²) in [5.41, 5.74) is 8.09. The van der Waals surface area contributed by atoms with Crippen LogP contribution in [0.5, 0.6) is 5.75 Å². The number of nitrogens with zero attached hydrogens (tertiary/aromatic N) is 4. The number of aromatic hydroxyl groups is 1. The number of benzene rings is 1. The second-order valence-electron chi connectivity index (χ2n) is 5.44. The van der Waals surface area contributed by atoms with Crippen LogP contribution in [0.1, 0.15) is 5.69 Å². The molecular formula is C19H15N5O. The summed E-state index contributed by atoms with van der Waals surface area (Å²) < 4.78 is 1.87. The first-order valence-corrected chi connectivity index (χ1v) is 7.75. The Hall–Kier alpha value is -3.67. The van der Waals surface area contributed by atoms with Crippen molar-refractivity contribution in [1.82, 2.24) is 14.4 Å². The average Bonchev–Trinajstić information content (AvgIpc) is 3.01. The largest absolute Gasteiger partial charge is 0.507 e. The van der Waals surface area contributed by atoms with Crippen LogP contribution in [-0.2, 0) is 0 Å². The quantitative estimate of drug-likeness (QED) is 0.446. The fourth-order valence-corrected chi connectivity index (χ4v) is 2.64. The summed E-state index contributed by atoms with van der Waals surface area (Å²) in [5.74, 6) is 1.52. The second-order valence-corrected chi connectivity index (χ2v) is 5.44. The number of hydrogen-bond acceptors (Lipinski definition) is 4. The van der Waals surface area contributed by atoms with Crippen LogP contribution in [0, 0.1) is 0 Å². The van der Waals surface area contributed by atoms with E-state index in [9.17, 15) is 5.11 Å². The van der Waals surface area contributed by atoms with Gasteiger partial charge in [-0.1, -0.05) is 24.3 Å². The van der Waals surface area contributed by atoms with Gasteiger partial charge in [0.05, 0.1) is 11.1 Å². The summed E-state index contributed by atoms with van der Waals surface area (Å²) in [6.45, 7) is 0. The molecular weight excluding hydrogens is 314 g/mol. The van der Waals surface area contributed by atoms with Gasteiger partial charge in [0, 0.05) is 12.4 Å². The lowest BCUT2D eigenvalue weighted by atomic mass is 10.2. The third-order valence-corrected chi connectivity index (χ3v) is 3.83. The van der Waals surface area contributed by atoms with Gasteiger partial charge in [-0.15, -0.1) is 0 Å². The third-order valence-electron chi connectivity index (χ3n) is 3.83. The highest BCUT2D eigenvalue weighted by Crippen LogP contribution is 2.32. The zero-order chi connectivity index (χ0) is 17.2. The number of hydrogen-bond donors (Lipinski definition) is 2. The lowest BCUT2D eigenvalue weighted by Crippen LogP contribution is -2.14. The highest BCUT2D eigenvalue weighted by molar-refractivity contribution is 5.98. The number of phenols is 1. The van der Waals surface area contributed by atoms with E-state index in [0.29, 0.717) is 22.9 Å². The molecule has 4 aromatic rings. The van der Waals surface area contributed by atoms with Gasteiger partial charge in [-0.2, -0.15) is 0 Å². The van der Waals surface area contributed by atoms with E-state index in [1.165, 1.54) is 0 Å². The highest BCUT2D eigenvalue weighted by Gasteiger charge is 2.15. The van der Waals surface area contributed by atoms with Crippen molar-refractivity contribution < 1.29 is 5.11 Å². The number of imidazole rings is 1.